The summed E-state index contributed by atoms with van der Waals surface area (Å²) in [5.41, 5.74) is 1.37. The van der Waals surface area contributed by atoms with Gasteiger partial charge < -0.3 is 15.1 Å². The van der Waals surface area contributed by atoms with Crippen molar-refractivity contribution in [1.29, 1.82) is 0 Å². The molecule has 0 aliphatic carbocycles. The maximum Gasteiger partial charge on any atom is 0.282 e. The molecule has 1 N–H and O–H groups in total. The van der Waals surface area contributed by atoms with Gasteiger partial charge in [-0.1, -0.05) is 19.1 Å². The zero-order valence-electron chi connectivity index (χ0n) is 16.3. The Kier molecular flexibility index (Phi) is 6.43. The van der Waals surface area contributed by atoms with Crippen LogP contribution in [0.1, 0.15) is 30.1 Å². The maximum absolute atomic E-state index is 12.4. The molecule has 152 valence electrons. The van der Waals surface area contributed by atoms with Crippen LogP contribution in [-0.4, -0.2) is 47.8 Å². The normalized spacial score (nSPS) is 13.8. The summed E-state index contributed by atoms with van der Waals surface area (Å²) in [6, 6.07) is 13.2. The number of carbonyl (C=O) groups is 2. The molecule has 1 fully saturated rings. The Morgan fingerprint density at radius 3 is 2.31 bits per heavy atom. The van der Waals surface area contributed by atoms with E-state index in [2.05, 4.69) is 10.2 Å². The number of hydrogen-bond donors (Lipinski definition) is 1. The van der Waals surface area contributed by atoms with Crippen molar-refractivity contribution in [3.05, 3.63) is 64.2 Å². The van der Waals surface area contributed by atoms with Gasteiger partial charge >= 0.3 is 0 Å². The van der Waals surface area contributed by atoms with Crippen LogP contribution in [0.5, 0.6) is 0 Å². The zero-order chi connectivity index (χ0) is 20.8. The molecule has 0 atom stereocenters. The summed E-state index contributed by atoms with van der Waals surface area (Å²) >= 11 is 0. The number of carbonyl (C=O) groups excluding carboxylic acids is 2. The molecule has 1 aliphatic rings. The van der Waals surface area contributed by atoms with Gasteiger partial charge in [-0.2, -0.15) is 0 Å². The lowest BCUT2D eigenvalue weighted by atomic mass is 10.1. The van der Waals surface area contributed by atoms with E-state index in [0.717, 1.165) is 25.2 Å². The van der Waals surface area contributed by atoms with Gasteiger partial charge in [-0.3, -0.25) is 19.7 Å². The highest BCUT2D eigenvalue weighted by molar-refractivity contribution is 6.07. The fraction of sp³-hybridized carbons (Fsp3) is 0.333. The summed E-state index contributed by atoms with van der Waals surface area (Å²) in [6.07, 6.45) is 1.45. The van der Waals surface area contributed by atoms with E-state index >= 15 is 0 Å². The van der Waals surface area contributed by atoms with E-state index in [1.807, 2.05) is 24.0 Å². The molecule has 8 nitrogen and oxygen atoms in total. The predicted octanol–water partition coefficient (Wildman–Crippen LogP) is 3.30. The average molecular weight is 396 g/mol. The number of nitro benzene ring substituents is 1. The van der Waals surface area contributed by atoms with Crippen LogP contribution in [-0.2, 0) is 4.79 Å². The molecule has 1 heterocycles. The number of nitrogens with one attached hydrogen (secondary N) is 1. The SMILES string of the molecule is CCCC(=O)N1CCN(c2ccc(NC(=O)c3ccccc3[N+](=O)[O-])cc2)CC1. The second-order valence-electron chi connectivity index (χ2n) is 6.89. The number of rotatable bonds is 6. The number of hydrogen-bond acceptors (Lipinski definition) is 5. The minimum atomic E-state index is -0.567. The molecular weight excluding hydrogens is 372 g/mol. The first-order valence-electron chi connectivity index (χ1n) is 9.67. The standard InChI is InChI=1S/C21H24N4O4/c1-2-5-20(26)24-14-12-23(13-15-24)17-10-8-16(9-11-17)22-21(27)18-6-3-4-7-19(18)25(28)29/h3-4,6-11H,2,5,12-15H2,1H3,(H,22,27). The van der Waals surface area contributed by atoms with Crippen molar-refractivity contribution in [3.63, 3.8) is 0 Å². The first-order valence-corrected chi connectivity index (χ1v) is 9.67. The van der Waals surface area contributed by atoms with Crippen LogP contribution in [0, 0.1) is 10.1 Å². The van der Waals surface area contributed by atoms with Crippen molar-refractivity contribution in [3.8, 4) is 0 Å². The van der Waals surface area contributed by atoms with Crippen LogP contribution in [0.4, 0.5) is 17.1 Å². The molecule has 8 heteroatoms. The summed E-state index contributed by atoms with van der Waals surface area (Å²) in [5, 5.41) is 13.8. The quantitative estimate of drug-likeness (QED) is 0.597. The predicted molar refractivity (Wildman–Crippen MR) is 111 cm³/mol. The topological polar surface area (TPSA) is 95.8 Å². The largest absolute Gasteiger partial charge is 0.368 e. The molecule has 0 spiro atoms. The van der Waals surface area contributed by atoms with Crippen LogP contribution in [0.25, 0.3) is 0 Å². The first-order chi connectivity index (χ1) is 14.0. The Balaban J connectivity index is 1.61. The van der Waals surface area contributed by atoms with Gasteiger partial charge in [0.15, 0.2) is 0 Å². The Morgan fingerprint density at radius 2 is 1.69 bits per heavy atom. The first kappa shape index (κ1) is 20.3. The molecule has 1 saturated heterocycles. The minimum Gasteiger partial charge on any atom is -0.368 e. The Labute approximate surface area is 169 Å². The lowest BCUT2D eigenvalue weighted by Crippen LogP contribution is -2.48. The van der Waals surface area contributed by atoms with Gasteiger partial charge in [0.05, 0.1) is 4.92 Å². The summed E-state index contributed by atoms with van der Waals surface area (Å²) in [7, 11) is 0. The van der Waals surface area contributed by atoms with Gasteiger partial charge in [-0.05, 0) is 36.8 Å². The number of nitro groups is 1. The van der Waals surface area contributed by atoms with Gasteiger partial charge in [0.25, 0.3) is 11.6 Å². The van der Waals surface area contributed by atoms with Crippen LogP contribution >= 0.6 is 0 Å². The summed E-state index contributed by atoms with van der Waals surface area (Å²) in [6.45, 7) is 4.93. The highest BCUT2D eigenvalue weighted by Crippen LogP contribution is 2.22. The zero-order valence-corrected chi connectivity index (χ0v) is 16.3. The van der Waals surface area contributed by atoms with E-state index in [1.165, 1.54) is 18.2 Å². The van der Waals surface area contributed by atoms with Crippen molar-refractivity contribution in [2.75, 3.05) is 36.4 Å². The van der Waals surface area contributed by atoms with Gasteiger partial charge in [0.1, 0.15) is 5.56 Å². The number of piperazine rings is 1. The summed E-state index contributed by atoms with van der Waals surface area (Å²) < 4.78 is 0. The van der Waals surface area contributed by atoms with Crippen LogP contribution < -0.4 is 10.2 Å². The third kappa shape index (κ3) is 4.90. The molecule has 0 bridgehead atoms. The third-order valence-corrected chi connectivity index (χ3v) is 4.93. The van der Waals surface area contributed by atoms with E-state index in [-0.39, 0.29) is 17.2 Å². The summed E-state index contributed by atoms with van der Waals surface area (Å²) in [4.78, 5) is 39.0. The second-order valence-corrected chi connectivity index (χ2v) is 6.89. The molecule has 0 saturated carbocycles. The van der Waals surface area contributed by atoms with Crippen molar-refractivity contribution in [2.24, 2.45) is 0 Å². The number of benzene rings is 2. The number of amides is 2. The van der Waals surface area contributed by atoms with E-state index in [1.54, 1.807) is 18.2 Å². The van der Waals surface area contributed by atoms with Crippen LogP contribution in [0.2, 0.25) is 0 Å². The minimum absolute atomic E-state index is 0.0226. The van der Waals surface area contributed by atoms with E-state index < -0.39 is 10.8 Å². The number of para-hydroxylation sites is 1. The molecule has 2 aromatic rings. The van der Waals surface area contributed by atoms with Gasteiger partial charge in [-0.25, -0.2) is 0 Å². The monoisotopic (exact) mass is 396 g/mol. The highest BCUT2D eigenvalue weighted by Gasteiger charge is 2.21. The Hall–Kier alpha value is -3.42. The lowest BCUT2D eigenvalue weighted by Gasteiger charge is -2.36. The maximum atomic E-state index is 12.4. The fourth-order valence-corrected chi connectivity index (χ4v) is 3.36. The van der Waals surface area contributed by atoms with E-state index in [4.69, 9.17) is 0 Å². The number of nitrogens with zero attached hydrogens (tertiary/aromatic N) is 3. The smallest absolute Gasteiger partial charge is 0.282 e. The fourth-order valence-electron chi connectivity index (χ4n) is 3.36. The second kappa shape index (κ2) is 9.18. The average Bonchev–Trinajstić information content (AvgIpc) is 2.74. The van der Waals surface area contributed by atoms with Gasteiger partial charge in [0.2, 0.25) is 5.91 Å². The molecule has 3 rings (SSSR count). The van der Waals surface area contributed by atoms with Crippen molar-refractivity contribution >= 4 is 28.9 Å². The molecule has 0 radical (unpaired) electrons. The van der Waals surface area contributed by atoms with E-state index in [9.17, 15) is 19.7 Å². The number of anilines is 2. The molecule has 0 aromatic heterocycles. The van der Waals surface area contributed by atoms with Gasteiger partial charge in [-0.15, -0.1) is 0 Å². The van der Waals surface area contributed by atoms with Crippen molar-refractivity contribution in [2.45, 2.75) is 19.8 Å². The Bertz CT molecular complexity index is 890. The molecule has 2 amide bonds. The highest BCUT2D eigenvalue weighted by atomic mass is 16.6. The van der Waals surface area contributed by atoms with Crippen LogP contribution in [0.15, 0.2) is 48.5 Å². The van der Waals surface area contributed by atoms with Crippen molar-refractivity contribution < 1.29 is 14.5 Å². The van der Waals surface area contributed by atoms with Crippen molar-refractivity contribution in [1.82, 2.24) is 4.90 Å². The van der Waals surface area contributed by atoms with Gasteiger partial charge in [0, 0.05) is 50.0 Å². The summed E-state index contributed by atoms with van der Waals surface area (Å²) in [5.74, 6) is -0.312. The molecule has 2 aromatic carbocycles. The molecular formula is C21H24N4O4. The van der Waals surface area contributed by atoms with E-state index in [0.29, 0.717) is 25.2 Å². The molecule has 1 aliphatic heterocycles. The molecule has 0 unspecified atom stereocenters. The lowest BCUT2D eigenvalue weighted by molar-refractivity contribution is -0.385. The third-order valence-electron chi connectivity index (χ3n) is 4.93. The van der Waals surface area contributed by atoms with Crippen LogP contribution in [0.3, 0.4) is 0 Å². The Morgan fingerprint density at radius 1 is 1.03 bits per heavy atom. The molecule has 29 heavy (non-hydrogen) atoms.